The monoisotopic (exact) mass is 140 g/mol. The average Bonchev–Trinajstić information content (AvgIpc) is 2.46. The van der Waals surface area contributed by atoms with Crippen LogP contribution in [0.4, 0.5) is 4.79 Å². The van der Waals surface area contributed by atoms with Crippen LogP contribution in [0.2, 0.25) is 0 Å². The van der Waals surface area contributed by atoms with Gasteiger partial charge in [0.1, 0.15) is 0 Å². The molecule has 2 fully saturated rings. The fourth-order valence-electron chi connectivity index (χ4n) is 1.93. The predicted molar refractivity (Wildman–Crippen MR) is 37.7 cm³/mol. The highest BCUT2D eigenvalue weighted by atomic mass is 16.2. The maximum Gasteiger partial charge on any atom is 0.315 e. The number of amides is 2. The fourth-order valence-corrected chi connectivity index (χ4v) is 1.93. The van der Waals surface area contributed by atoms with Crippen LogP contribution in [-0.4, -0.2) is 18.1 Å². The minimum Gasteiger partial charge on any atom is -0.336 e. The molecule has 1 saturated heterocycles. The second-order valence-electron chi connectivity index (χ2n) is 3.30. The van der Waals surface area contributed by atoms with E-state index < -0.39 is 0 Å². The summed E-state index contributed by atoms with van der Waals surface area (Å²) < 4.78 is 0. The van der Waals surface area contributed by atoms with E-state index in [9.17, 15) is 4.79 Å². The van der Waals surface area contributed by atoms with Crippen molar-refractivity contribution in [2.45, 2.75) is 31.2 Å². The molecule has 0 aromatic rings. The Balaban J connectivity index is 2.09. The van der Waals surface area contributed by atoms with E-state index in [1.807, 2.05) is 0 Å². The molecule has 2 aliphatic rings. The van der Waals surface area contributed by atoms with Gasteiger partial charge in [0.05, 0.1) is 5.54 Å². The van der Waals surface area contributed by atoms with Crippen molar-refractivity contribution in [1.82, 2.24) is 10.6 Å². The van der Waals surface area contributed by atoms with Crippen LogP contribution in [0, 0.1) is 0 Å². The lowest BCUT2D eigenvalue weighted by Gasteiger charge is -2.19. The standard InChI is InChI=1S/C7H12N2O/c10-6-8-5-7(9-6)3-1-2-4-7/h1-5H2,(H2,8,9,10). The number of carbonyl (C=O) groups excluding carboxylic acids is 1. The molecule has 2 N–H and O–H groups in total. The molecule has 1 aliphatic heterocycles. The van der Waals surface area contributed by atoms with Crippen LogP contribution in [0.3, 0.4) is 0 Å². The molecular formula is C7H12N2O. The molecule has 1 saturated carbocycles. The van der Waals surface area contributed by atoms with E-state index in [2.05, 4.69) is 10.6 Å². The summed E-state index contributed by atoms with van der Waals surface area (Å²) in [7, 11) is 0. The molecule has 0 bridgehead atoms. The Hall–Kier alpha value is -0.730. The first-order valence-corrected chi connectivity index (χ1v) is 3.87. The van der Waals surface area contributed by atoms with Gasteiger partial charge >= 0.3 is 6.03 Å². The number of hydrogen-bond acceptors (Lipinski definition) is 1. The quantitative estimate of drug-likeness (QED) is 0.508. The van der Waals surface area contributed by atoms with Gasteiger partial charge in [-0.15, -0.1) is 0 Å². The van der Waals surface area contributed by atoms with E-state index >= 15 is 0 Å². The Morgan fingerprint density at radius 2 is 2.00 bits per heavy atom. The van der Waals surface area contributed by atoms with E-state index in [1.165, 1.54) is 12.8 Å². The molecule has 0 aromatic heterocycles. The van der Waals surface area contributed by atoms with E-state index in [1.54, 1.807) is 0 Å². The minimum absolute atomic E-state index is 0.0156. The number of carbonyl (C=O) groups is 1. The lowest BCUT2D eigenvalue weighted by molar-refractivity contribution is 0.244. The van der Waals surface area contributed by atoms with Crippen molar-refractivity contribution >= 4 is 6.03 Å². The highest BCUT2D eigenvalue weighted by molar-refractivity contribution is 5.77. The van der Waals surface area contributed by atoms with E-state index in [0.29, 0.717) is 0 Å². The van der Waals surface area contributed by atoms with Crippen molar-refractivity contribution < 1.29 is 4.79 Å². The lowest BCUT2D eigenvalue weighted by atomic mass is 10.00. The zero-order valence-corrected chi connectivity index (χ0v) is 5.94. The Bertz CT molecular complexity index is 161. The summed E-state index contributed by atoms with van der Waals surface area (Å²) in [5.74, 6) is 0. The largest absolute Gasteiger partial charge is 0.336 e. The normalized spacial score (nSPS) is 28.6. The molecule has 3 heteroatoms. The van der Waals surface area contributed by atoms with Gasteiger partial charge in [-0.2, -0.15) is 0 Å². The third-order valence-electron chi connectivity index (χ3n) is 2.53. The molecule has 2 rings (SSSR count). The predicted octanol–water partition coefficient (Wildman–Crippen LogP) is 0.612. The smallest absolute Gasteiger partial charge is 0.315 e. The summed E-state index contributed by atoms with van der Waals surface area (Å²) in [6, 6.07) is 0.0156. The van der Waals surface area contributed by atoms with Crippen molar-refractivity contribution in [3.63, 3.8) is 0 Å². The second-order valence-corrected chi connectivity index (χ2v) is 3.30. The zero-order valence-electron chi connectivity index (χ0n) is 5.94. The Labute approximate surface area is 60.2 Å². The lowest BCUT2D eigenvalue weighted by Crippen LogP contribution is -2.40. The van der Waals surface area contributed by atoms with Gasteiger partial charge in [-0.05, 0) is 12.8 Å². The summed E-state index contributed by atoms with van der Waals surface area (Å²) in [6.07, 6.45) is 4.85. The van der Waals surface area contributed by atoms with Crippen molar-refractivity contribution in [2.24, 2.45) is 0 Å². The van der Waals surface area contributed by atoms with E-state index in [-0.39, 0.29) is 11.6 Å². The first kappa shape index (κ1) is 6.01. The van der Waals surface area contributed by atoms with Gasteiger partial charge in [0.2, 0.25) is 0 Å². The average molecular weight is 140 g/mol. The number of nitrogens with one attached hydrogen (secondary N) is 2. The highest BCUT2D eigenvalue weighted by Crippen LogP contribution is 2.30. The fraction of sp³-hybridized carbons (Fsp3) is 0.857. The van der Waals surface area contributed by atoms with Crippen molar-refractivity contribution in [1.29, 1.82) is 0 Å². The summed E-state index contributed by atoms with van der Waals surface area (Å²) in [5.41, 5.74) is 0.150. The van der Waals surface area contributed by atoms with Gasteiger partial charge < -0.3 is 10.6 Å². The number of urea groups is 1. The second kappa shape index (κ2) is 1.87. The van der Waals surface area contributed by atoms with Gasteiger partial charge in [0.15, 0.2) is 0 Å². The van der Waals surface area contributed by atoms with Crippen LogP contribution in [0.15, 0.2) is 0 Å². The number of rotatable bonds is 0. The van der Waals surface area contributed by atoms with Gasteiger partial charge in [0, 0.05) is 6.54 Å². The SMILES string of the molecule is O=C1NCC2(CCCC2)N1. The maximum absolute atomic E-state index is 10.8. The van der Waals surface area contributed by atoms with Crippen molar-refractivity contribution in [3.8, 4) is 0 Å². The zero-order chi connectivity index (χ0) is 7.03. The van der Waals surface area contributed by atoms with Crippen molar-refractivity contribution in [2.75, 3.05) is 6.54 Å². The van der Waals surface area contributed by atoms with Gasteiger partial charge in [-0.3, -0.25) is 0 Å². The van der Waals surface area contributed by atoms with E-state index in [0.717, 1.165) is 19.4 Å². The maximum atomic E-state index is 10.8. The van der Waals surface area contributed by atoms with Crippen LogP contribution in [0.25, 0.3) is 0 Å². The summed E-state index contributed by atoms with van der Waals surface area (Å²) in [4.78, 5) is 10.8. The molecule has 1 aliphatic carbocycles. The van der Waals surface area contributed by atoms with Gasteiger partial charge in [0.25, 0.3) is 0 Å². The third kappa shape index (κ3) is 0.770. The molecule has 56 valence electrons. The van der Waals surface area contributed by atoms with Crippen LogP contribution in [0.5, 0.6) is 0 Å². The number of hydrogen-bond donors (Lipinski definition) is 2. The first-order valence-electron chi connectivity index (χ1n) is 3.87. The van der Waals surface area contributed by atoms with Crippen LogP contribution >= 0.6 is 0 Å². The summed E-state index contributed by atoms with van der Waals surface area (Å²) in [6.45, 7) is 0.839. The van der Waals surface area contributed by atoms with Crippen LogP contribution < -0.4 is 10.6 Å². The van der Waals surface area contributed by atoms with Crippen LogP contribution in [-0.2, 0) is 0 Å². The minimum atomic E-state index is 0.0156. The molecule has 1 heterocycles. The molecular weight excluding hydrogens is 128 g/mol. The molecule has 1 spiro atoms. The molecule has 3 nitrogen and oxygen atoms in total. The molecule has 0 radical (unpaired) electrons. The topological polar surface area (TPSA) is 41.1 Å². The molecule has 10 heavy (non-hydrogen) atoms. The van der Waals surface area contributed by atoms with Gasteiger partial charge in [-0.1, -0.05) is 12.8 Å². The van der Waals surface area contributed by atoms with Crippen molar-refractivity contribution in [3.05, 3.63) is 0 Å². The molecule has 0 aromatic carbocycles. The summed E-state index contributed by atoms with van der Waals surface area (Å²) >= 11 is 0. The van der Waals surface area contributed by atoms with Gasteiger partial charge in [-0.25, -0.2) is 4.79 Å². The highest BCUT2D eigenvalue weighted by Gasteiger charge is 2.39. The first-order chi connectivity index (χ1) is 4.81. The Morgan fingerprint density at radius 3 is 2.50 bits per heavy atom. The van der Waals surface area contributed by atoms with Crippen LogP contribution in [0.1, 0.15) is 25.7 Å². The third-order valence-corrected chi connectivity index (χ3v) is 2.53. The molecule has 0 atom stereocenters. The summed E-state index contributed by atoms with van der Waals surface area (Å²) in [5, 5.41) is 5.78. The Kier molecular flexibility index (Phi) is 1.13. The van der Waals surface area contributed by atoms with E-state index in [4.69, 9.17) is 0 Å². The molecule has 2 amide bonds. The Morgan fingerprint density at radius 1 is 1.30 bits per heavy atom. The molecule has 0 unspecified atom stereocenters.